The molecule has 0 bridgehead atoms. The molecule has 0 aromatic rings. The number of carboxylic acid groups (broad SMARTS) is 1. The third-order valence-corrected chi connectivity index (χ3v) is 2.22. The summed E-state index contributed by atoms with van der Waals surface area (Å²) in [4.78, 5) is 10.1. The predicted molar refractivity (Wildman–Crippen MR) is 44.4 cm³/mol. The Bertz CT molecular complexity index is 295. The third kappa shape index (κ3) is 11.0. The first-order valence-electron chi connectivity index (χ1n) is 3.67. The first-order valence-corrected chi connectivity index (χ1v) is 5.28. The number of carboxylic acids is 1. The zero-order chi connectivity index (χ0) is 10.5. The summed E-state index contributed by atoms with van der Waals surface area (Å²) in [6.07, 6.45) is 0.746. The summed E-state index contributed by atoms with van der Waals surface area (Å²) >= 11 is 0. The number of rotatable bonds is 6. The van der Waals surface area contributed by atoms with E-state index in [2.05, 4.69) is 6.58 Å². The quantitative estimate of drug-likeness (QED) is 0.310. The van der Waals surface area contributed by atoms with Crippen LogP contribution in [0.1, 0.15) is 19.3 Å². The van der Waals surface area contributed by atoms with E-state index >= 15 is 0 Å². The summed E-state index contributed by atoms with van der Waals surface area (Å²) in [5.74, 6) is -1.68. The molecule has 0 unspecified atom stereocenters. The molecule has 5 nitrogen and oxygen atoms in total. The van der Waals surface area contributed by atoms with Crippen LogP contribution in [-0.2, 0) is 14.9 Å². The van der Waals surface area contributed by atoms with Gasteiger partial charge in [-0.1, -0.05) is 6.58 Å². The minimum absolute atomic E-state index is 0. The molecule has 0 radical (unpaired) electrons. The molecule has 0 aromatic heterocycles. The molecular weight excluding hydrogens is 282 g/mol. The molecule has 1 N–H and O–H groups in total. The number of unbranched alkanes of at least 4 members (excludes halogenated alkanes) is 1. The van der Waals surface area contributed by atoms with Crippen LogP contribution in [0.5, 0.6) is 0 Å². The van der Waals surface area contributed by atoms with E-state index in [-0.39, 0.29) is 82.4 Å². The molecule has 0 rings (SSSR count). The Kier molecular flexibility index (Phi) is 10.0. The van der Waals surface area contributed by atoms with Gasteiger partial charge in [-0.3, -0.25) is 4.55 Å². The molecule has 0 atom stereocenters. The van der Waals surface area contributed by atoms with Crippen molar-refractivity contribution in [3.05, 3.63) is 12.2 Å². The van der Waals surface area contributed by atoms with E-state index in [0.717, 1.165) is 0 Å². The fraction of sp³-hybridized carbons (Fsp3) is 0.571. The van der Waals surface area contributed by atoms with E-state index in [1.807, 2.05) is 0 Å². The van der Waals surface area contributed by atoms with Crippen molar-refractivity contribution in [2.45, 2.75) is 19.3 Å². The number of carbonyl (C=O) groups is 1. The van der Waals surface area contributed by atoms with Crippen LogP contribution in [0, 0.1) is 0 Å². The maximum Gasteiger partial charge on any atom is 1.00 e. The van der Waals surface area contributed by atoms with E-state index in [1.54, 1.807) is 0 Å². The Morgan fingerprint density at radius 3 is 2.21 bits per heavy atom. The minimum atomic E-state index is -3.94. The normalized spacial score (nSPS) is 10.4. The molecule has 0 saturated heterocycles. The van der Waals surface area contributed by atoms with Gasteiger partial charge in [0.05, 0.1) is 11.7 Å². The van der Waals surface area contributed by atoms with E-state index in [9.17, 15) is 18.3 Å². The third-order valence-electron chi connectivity index (χ3n) is 1.42. The fourth-order valence-corrected chi connectivity index (χ4v) is 1.29. The number of aliphatic carboxylic acids is 1. The van der Waals surface area contributed by atoms with Gasteiger partial charge in [0.25, 0.3) is 10.1 Å². The maximum atomic E-state index is 10.2. The molecule has 7 heteroatoms. The Balaban J connectivity index is 0. The number of hydrogen-bond acceptors (Lipinski definition) is 4. The van der Waals surface area contributed by atoms with Gasteiger partial charge in [-0.25, -0.2) is 0 Å². The molecule has 0 aliphatic carbocycles. The predicted octanol–water partition coefficient (Wildman–Crippen LogP) is -3.65. The van der Waals surface area contributed by atoms with Crippen LogP contribution in [0.3, 0.4) is 0 Å². The second-order valence-electron chi connectivity index (χ2n) is 2.63. The number of hydrogen-bond donors (Lipinski definition) is 1. The van der Waals surface area contributed by atoms with Gasteiger partial charge in [-0.2, -0.15) is 8.42 Å². The first-order chi connectivity index (χ1) is 5.83. The van der Waals surface area contributed by atoms with Crippen molar-refractivity contribution >= 4 is 16.1 Å². The van der Waals surface area contributed by atoms with Gasteiger partial charge in [-0.05, 0) is 24.8 Å². The Morgan fingerprint density at radius 2 is 1.86 bits per heavy atom. The van der Waals surface area contributed by atoms with Crippen molar-refractivity contribution in [1.82, 2.24) is 0 Å². The molecule has 76 valence electrons. The van der Waals surface area contributed by atoms with Crippen molar-refractivity contribution in [3.8, 4) is 0 Å². The second kappa shape index (κ2) is 8.12. The SMILES string of the molecule is C=C(CCCCS(=O)(=O)O)C(=O)[O-].[Rb+]. The summed E-state index contributed by atoms with van der Waals surface area (Å²) in [6, 6.07) is 0. The summed E-state index contributed by atoms with van der Waals surface area (Å²) in [5, 5.41) is 10.1. The van der Waals surface area contributed by atoms with Gasteiger partial charge >= 0.3 is 58.2 Å². The zero-order valence-electron chi connectivity index (χ0n) is 8.02. The largest absolute Gasteiger partial charge is 1.00 e. The molecule has 0 amide bonds. The van der Waals surface area contributed by atoms with Crippen LogP contribution in [0.4, 0.5) is 0 Å². The molecule has 0 fully saturated rings. The van der Waals surface area contributed by atoms with Crippen LogP contribution in [-0.4, -0.2) is 24.7 Å². The monoisotopic (exact) mass is 292 g/mol. The van der Waals surface area contributed by atoms with Gasteiger partial charge in [0.2, 0.25) is 0 Å². The summed E-state index contributed by atoms with van der Waals surface area (Å²) in [7, 11) is -3.94. The van der Waals surface area contributed by atoms with E-state index in [0.29, 0.717) is 6.42 Å². The number of carbonyl (C=O) groups excluding carboxylic acids is 1. The van der Waals surface area contributed by atoms with Crippen LogP contribution in [0.15, 0.2) is 12.2 Å². The summed E-state index contributed by atoms with van der Waals surface area (Å²) < 4.78 is 28.7. The van der Waals surface area contributed by atoms with Crippen molar-refractivity contribution < 1.29 is 81.1 Å². The summed E-state index contributed by atoms with van der Waals surface area (Å²) in [6.45, 7) is 3.21. The van der Waals surface area contributed by atoms with Gasteiger partial charge in [0.15, 0.2) is 0 Å². The molecule has 0 aliphatic rings. The van der Waals surface area contributed by atoms with Crippen LogP contribution >= 0.6 is 0 Å². The average Bonchev–Trinajstić information content (AvgIpc) is 1.95. The van der Waals surface area contributed by atoms with Gasteiger partial charge in [0, 0.05) is 0 Å². The van der Waals surface area contributed by atoms with E-state index < -0.39 is 16.1 Å². The smallest absolute Gasteiger partial charge is 0.545 e. The van der Waals surface area contributed by atoms with Gasteiger partial charge in [0.1, 0.15) is 0 Å². The first kappa shape index (κ1) is 17.3. The van der Waals surface area contributed by atoms with Gasteiger partial charge in [-0.15, -0.1) is 0 Å². The molecule has 0 spiro atoms. The molecule has 14 heavy (non-hydrogen) atoms. The average molecular weight is 293 g/mol. The van der Waals surface area contributed by atoms with Crippen LogP contribution < -0.4 is 63.3 Å². The van der Waals surface area contributed by atoms with Crippen molar-refractivity contribution in [2.24, 2.45) is 0 Å². The summed E-state index contributed by atoms with van der Waals surface area (Å²) in [5.41, 5.74) is -0.0599. The van der Waals surface area contributed by atoms with Gasteiger partial charge < -0.3 is 9.90 Å². The van der Waals surface area contributed by atoms with Crippen molar-refractivity contribution in [2.75, 3.05) is 5.75 Å². The fourth-order valence-electron chi connectivity index (χ4n) is 0.725. The van der Waals surface area contributed by atoms with Crippen molar-refractivity contribution in [1.29, 1.82) is 0 Å². The molecule has 0 aromatic carbocycles. The van der Waals surface area contributed by atoms with E-state index in [1.165, 1.54) is 0 Å². The van der Waals surface area contributed by atoms with Crippen LogP contribution in [0.2, 0.25) is 0 Å². The Hall–Kier alpha value is 0.925. The molecule has 0 heterocycles. The standard InChI is InChI=1S/C7H12O5S.Rb/c1-6(7(8)9)4-2-3-5-13(10,11)12;/h1-5H2,(H,8,9)(H,10,11,12);/q;+1/p-1. The van der Waals surface area contributed by atoms with E-state index in [4.69, 9.17) is 4.55 Å². The Morgan fingerprint density at radius 1 is 1.36 bits per heavy atom. The maximum absolute atomic E-state index is 10.2. The zero-order valence-corrected chi connectivity index (χ0v) is 13.8. The van der Waals surface area contributed by atoms with Crippen molar-refractivity contribution in [3.63, 3.8) is 0 Å². The Labute approximate surface area is 132 Å². The second-order valence-corrected chi connectivity index (χ2v) is 4.21. The molecule has 0 saturated carbocycles. The van der Waals surface area contributed by atoms with Crippen LogP contribution in [0.25, 0.3) is 0 Å². The molecule has 0 aliphatic heterocycles. The molecular formula is C7H11O5RbS. The topological polar surface area (TPSA) is 94.5 Å². The minimum Gasteiger partial charge on any atom is -0.545 e.